The lowest BCUT2D eigenvalue weighted by Crippen LogP contribution is -2.51. The van der Waals surface area contributed by atoms with Crippen molar-refractivity contribution in [1.82, 2.24) is 10.2 Å². The maximum Gasteiger partial charge on any atom is 0.400 e. The van der Waals surface area contributed by atoms with Crippen LogP contribution in [0.15, 0.2) is 5.16 Å². The van der Waals surface area contributed by atoms with Gasteiger partial charge in [-0.15, -0.1) is 0 Å². The summed E-state index contributed by atoms with van der Waals surface area (Å²) in [4.78, 5) is 2.32. The van der Waals surface area contributed by atoms with Crippen molar-refractivity contribution in [1.29, 1.82) is 0 Å². The van der Waals surface area contributed by atoms with E-state index in [1.165, 1.54) is 0 Å². The number of alkyl halides is 3. The molecule has 0 aromatic heterocycles. The molecule has 2 fully saturated rings. The van der Waals surface area contributed by atoms with Crippen LogP contribution in [0.25, 0.3) is 0 Å². The van der Waals surface area contributed by atoms with Crippen LogP contribution < -0.4 is 11.1 Å². The Morgan fingerprint density at radius 3 is 2.95 bits per heavy atom. The quantitative estimate of drug-likeness (QED) is 0.296. The minimum absolute atomic E-state index is 0.125. The SMILES string of the molecule is NC(=NO)C(CNCC1CN2CCCC2CO1)C(F)(F)F. The predicted octanol–water partition coefficient (Wildman–Crippen LogP) is 0.364. The molecule has 0 radical (unpaired) electrons. The minimum atomic E-state index is -4.54. The van der Waals surface area contributed by atoms with Crippen molar-refractivity contribution < 1.29 is 23.1 Å². The van der Waals surface area contributed by atoms with Gasteiger partial charge in [-0.1, -0.05) is 5.16 Å². The number of fused-ring (bicyclic) bond motifs is 1. The van der Waals surface area contributed by atoms with E-state index in [4.69, 9.17) is 15.7 Å². The summed E-state index contributed by atoms with van der Waals surface area (Å²) in [5.74, 6) is -2.83. The molecule has 2 saturated heterocycles. The Labute approximate surface area is 121 Å². The van der Waals surface area contributed by atoms with E-state index in [0.29, 0.717) is 19.2 Å². The number of ether oxygens (including phenoxy) is 1. The third-order valence-electron chi connectivity index (χ3n) is 4.05. The number of nitrogens with zero attached hydrogens (tertiary/aromatic N) is 2. The second-order valence-corrected chi connectivity index (χ2v) is 5.52. The van der Waals surface area contributed by atoms with Crippen LogP contribution in [0, 0.1) is 5.92 Å². The third-order valence-corrected chi connectivity index (χ3v) is 4.05. The highest BCUT2D eigenvalue weighted by atomic mass is 19.4. The molecule has 0 aliphatic carbocycles. The lowest BCUT2D eigenvalue weighted by Gasteiger charge is -2.35. The van der Waals surface area contributed by atoms with Gasteiger partial charge >= 0.3 is 6.18 Å². The van der Waals surface area contributed by atoms with E-state index in [0.717, 1.165) is 25.9 Å². The number of hydrogen-bond donors (Lipinski definition) is 3. The van der Waals surface area contributed by atoms with E-state index in [1.54, 1.807) is 0 Å². The zero-order valence-electron chi connectivity index (χ0n) is 11.6. The highest BCUT2D eigenvalue weighted by Crippen LogP contribution is 2.26. The number of rotatable bonds is 5. The third kappa shape index (κ3) is 4.21. The average Bonchev–Trinajstić information content (AvgIpc) is 2.89. The maximum absolute atomic E-state index is 12.7. The second kappa shape index (κ2) is 6.80. The normalized spacial score (nSPS) is 29.4. The van der Waals surface area contributed by atoms with Gasteiger partial charge in [0.25, 0.3) is 0 Å². The molecule has 3 unspecified atom stereocenters. The Morgan fingerprint density at radius 2 is 2.29 bits per heavy atom. The molecule has 0 aromatic rings. The monoisotopic (exact) mass is 310 g/mol. The smallest absolute Gasteiger partial charge is 0.400 e. The van der Waals surface area contributed by atoms with Crippen LogP contribution in [0.4, 0.5) is 13.2 Å². The van der Waals surface area contributed by atoms with Crippen LogP contribution in [0.5, 0.6) is 0 Å². The summed E-state index contributed by atoms with van der Waals surface area (Å²) in [6.07, 6.45) is -2.40. The lowest BCUT2D eigenvalue weighted by atomic mass is 10.1. The molecule has 122 valence electrons. The van der Waals surface area contributed by atoms with Crippen LogP contribution in [-0.4, -0.2) is 67.1 Å². The first-order valence-corrected chi connectivity index (χ1v) is 7.02. The van der Waals surface area contributed by atoms with Gasteiger partial charge in [-0.2, -0.15) is 13.2 Å². The van der Waals surface area contributed by atoms with E-state index >= 15 is 0 Å². The van der Waals surface area contributed by atoms with Crippen molar-refractivity contribution in [2.45, 2.75) is 31.2 Å². The largest absolute Gasteiger partial charge is 0.409 e. The second-order valence-electron chi connectivity index (χ2n) is 5.52. The van der Waals surface area contributed by atoms with E-state index in [-0.39, 0.29) is 6.10 Å². The fraction of sp³-hybridized carbons (Fsp3) is 0.917. The van der Waals surface area contributed by atoms with E-state index in [2.05, 4.69) is 15.4 Å². The Kier molecular flexibility index (Phi) is 5.28. The Bertz CT molecular complexity index is 378. The first kappa shape index (κ1) is 16.3. The number of nitrogens with one attached hydrogen (secondary N) is 1. The summed E-state index contributed by atoms with van der Waals surface area (Å²) in [6, 6.07) is 0.460. The molecule has 0 amide bonds. The highest BCUT2D eigenvalue weighted by Gasteiger charge is 2.42. The Hall–Kier alpha value is -1.06. The molecule has 2 aliphatic rings. The first-order chi connectivity index (χ1) is 9.91. The molecule has 2 rings (SSSR count). The van der Waals surface area contributed by atoms with Gasteiger partial charge in [-0.25, -0.2) is 0 Å². The molecule has 6 nitrogen and oxygen atoms in total. The molecule has 0 aromatic carbocycles. The average molecular weight is 310 g/mol. The zero-order valence-corrected chi connectivity index (χ0v) is 11.6. The molecule has 0 bridgehead atoms. The fourth-order valence-corrected chi connectivity index (χ4v) is 2.86. The predicted molar refractivity (Wildman–Crippen MR) is 70.2 cm³/mol. The van der Waals surface area contributed by atoms with Crippen molar-refractivity contribution in [2.24, 2.45) is 16.8 Å². The maximum atomic E-state index is 12.7. The van der Waals surface area contributed by atoms with E-state index in [1.807, 2.05) is 0 Å². The Morgan fingerprint density at radius 1 is 1.52 bits per heavy atom. The van der Waals surface area contributed by atoms with Crippen LogP contribution in [0.1, 0.15) is 12.8 Å². The van der Waals surface area contributed by atoms with Crippen LogP contribution in [0.3, 0.4) is 0 Å². The number of oxime groups is 1. The Balaban J connectivity index is 1.77. The first-order valence-electron chi connectivity index (χ1n) is 7.02. The van der Waals surface area contributed by atoms with Crippen molar-refractivity contribution in [3.05, 3.63) is 0 Å². The molecule has 21 heavy (non-hydrogen) atoms. The van der Waals surface area contributed by atoms with Gasteiger partial charge < -0.3 is 21.0 Å². The van der Waals surface area contributed by atoms with E-state index in [9.17, 15) is 13.2 Å². The van der Waals surface area contributed by atoms with E-state index < -0.39 is 24.5 Å². The highest BCUT2D eigenvalue weighted by molar-refractivity contribution is 5.83. The molecule has 2 heterocycles. The number of halogens is 3. The molecular formula is C12H21F3N4O2. The summed E-state index contributed by atoms with van der Waals surface area (Å²) in [5.41, 5.74) is 5.09. The van der Waals surface area contributed by atoms with Gasteiger partial charge in [-0.05, 0) is 19.4 Å². The summed E-state index contributed by atoms with van der Waals surface area (Å²) in [6.45, 7) is 2.28. The molecular weight excluding hydrogens is 289 g/mol. The van der Waals surface area contributed by atoms with Crippen molar-refractivity contribution in [3.63, 3.8) is 0 Å². The number of amidine groups is 1. The van der Waals surface area contributed by atoms with Crippen molar-refractivity contribution >= 4 is 5.84 Å². The lowest BCUT2D eigenvalue weighted by molar-refractivity contribution is -0.155. The molecule has 0 spiro atoms. The summed E-state index contributed by atoms with van der Waals surface area (Å²) in [7, 11) is 0. The molecule has 4 N–H and O–H groups in total. The standard InChI is InChI=1S/C12H21F3N4O2/c13-12(14,15)10(11(16)18-20)5-17-4-9-6-19-3-1-2-8(19)7-21-9/h8-10,17,20H,1-7H2,(H2,16,18). The number of hydrogen-bond acceptors (Lipinski definition) is 5. The van der Waals surface area contributed by atoms with Crippen molar-refractivity contribution in [2.75, 3.05) is 32.8 Å². The summed E-state index contributed by atoms with van der Waals surface area (Å²) >= 11 is 0. The van der Waals surface area contributed by atoms with Gasteiger partial charge in [0, 0.05) is 25.7 Å². The molecule has 3 atom stereocenters. The minimum Gasteiger partial charge on any atom is -0.409 e. The van der Waals surface area contributed by atoms with Gasteiger partial charge in [0.1, 0.15) is 5.92 Å². The number of morpholine rings is 1. The topological polar surface area (TPSA) is 83.1 Å². The summed E-state index contributed by atoms with van der Waals surface area (Å²) < 4.78 is 43.9. The zero-order chi connectivity index (χ0) is 15.5. The molecule has 2 aliphatic heterocycles. The van der Waals surface area contributed by atoms with Crippen LogP contribution in [0.2, 0.25) is 0 Å². The van der Waals surface area contributed by atoms with Crippen molar-refractivity contribution in [3.8, 4) is 0 Å². The molecule has 9 heteroatoms. The fourth-order valence-electron chi connectivity index (χ4n) is 2.86. The van der Waals surface area contributed by atoms with Gasteiger partial charge in [-0.3, -0.25) is 4.90 Å². The van der Waals surface area contributed by atoms with Crippen LogP contribution >= 0.6 is 0 Å². The molecule has 0 saturated carbocycles. The number of nitrogens with two attached hydrogens (primary N) is 1. The van der Waals surface area contributed by atoms with Gasteiger partial charge in [0.05, 0.1) is 12.7 Å². The van der Waals surface area contributed by atoms with Crippen LogP contribution in [-0.2, 0) is 4.74 Å². The van der Waals surface area contributed by atoms with Gasteiger partial charge in [0.15, 0.2) is 5.84 Å². The summed E-state index contributed by atoms with van der Waals surface area (Å²) in [5, 5.41) is 13.6. The van der Waals surface area contributed by atoms with Gasteiger partial charge in [0.2, 0.25) is 0 Å².